The first kappa shape index (κ1) is 19.6. The van der Waals surface area contributed by atoms with E-state index in [1.54, 1.807) is 12.1 Å². The van der Waals surface area contributed by atoms with Gasteiger partial charge >= 0.3 is 0 Å². The van der Waals surface area contributed by atoms with E-state index in [1.165, 1.54) is 6.08 Å². The van der Waals surface area contributed by atoms with Crippen LogP contribution in [0.5, 0.6) is 5.75 Å². The molecule has 0 aromatic heterocycles. The largest absolute Gasteiger partial charge is 0.508 e. The molecule has 0 aliphatic carbocycles. The van der Waals surface area contributed by atoms with Crippen LogP contribution in [0.4, 0.5) is 0 Å². The molecule has 1 aromatic rings. The number of carbonyl (C=O) groups is 1. The molecule has 1 aromatic carbocycles. The monoisotopic (exact) mass is 348 g/mol. The Balaban J connectivity index is 2.32. The van der Waals surface area contributed by atoms with E-state index in [0.717, 1.165) is 16.7 Å². The van der Waals surface area contributed by atoms with Crippen molar-refractivity contribution in [3.05, 3.63) is 41.0 Å². The molecule has 2 rings (SSSR count). The van der Waals surface area contributed by atoms with Crippen molar-refractivity contribution >= 4 is 5.78 Å². The predicted octanol–water partition coefficient (Wildman–Crippen LogP) is 2.74. The molecule has 1 aliphatic heterocycles. The van der Waals surface area contributed by atoms with E-state index in [4.69, 9.17) is 4.74 Å². The maximum absolute atomic E-state index is 11.9. The summed E-state index contributed by atoms with van der Waals surface area (Å²) >= 11 is 0. The van der Waals surface area contributed by atoms with E-state index in [9.17, 15) is 20.1 Å². The van der Waals surface area contributed by atoms with Gasteiger partial charge in [-0.2, -0.15) is 0 Å². The molecule has 0 saturated carbocycles. The lowest BCUT2D eigenvalue weighted by atomic mass is 9.93. The van der Waals surface area contributed by atoms with Crippen LogP contribution in [-0.4, -0.2) is 39.4 Å². The minimum absolute atomic E-state index is 0.155. The van der Waals surface area contributed by atoms with Crippen LogP contribution in [0.25, 0.3) is 0 Å². The lowest BCUT2D eigenvalue weighted by Gasteiger charge is -2.23. The molecule has 0 bridgehead atoms. The van der Waals surface area contributed by atoms with E-state index in [0.29, 0.717) is 25.7 Å². The highest BCUT2D eigenvalue weighted by molar-refractivity contribution is 5.93. The SMILES string of the molecule is Cc1cc(O)c2c(c1)CCC[C@H](O)C(O)C(=O)/C=C\C[C@H](C)OC2C. The first-order valence-corrected chi connectivity index (χ1v) is 8.84. The van der Waals surface area contributed by atoms with Crippen molar-refractivity contribution in [2.24, 2.45) is 0 Å². The quantitative estimate of drug-likeness (QED) is 0.671. The van der Waals surface area contributed by atoms with Gasteiger partial charge in [0.1, 0.15) is 11.9 Å². The number of aliphatic hydroxyl groups is 2. The molecule has 1 heterocycles. The molecule has 5 nitrogen and oxygen atoms in total. The van der Waals surface area contributed by atoms with Gasteiger partial charge in [-0.05, 0) is 69.7 Å². The van der Waals surface area contributed by atoms with Gasteiger partial charge in [-0.15, -0.1) is 0 Å². The topological polar surface area (TPSA) is 87.0 Å². The van der Waals surface area contributed by atoms with Gasteiger partial charge in [0.05, 0.1) is 18.3 Å². The maximum atomic E-state index is 11.9. The Hall–Kier alpha value is -1.69. The molecule has 4 atom stereocenters. The van der Waals surface area contributed by atoms with Gasteiger partial charge in [0.25, 0.3) is 0 Å². The van der Waals surface area contributed by atoms with Crippen molar-refractivity contribution in [2.45, 2.75) is 70.9 Å². The second kappa shape index (κ2) is 8.61. The molecule has 0 fully saturated rings. The second-order valence-electron chi connectivity index (χ2n) is 6.89. The van der Waals surface area contributed by atoms with Crippen LogP contribution in [-0.2, 0) is 16.0 Å². The Morgan fingerprint density at radius 2 is 1.92 bits per heavy atom. The van der Waals surface area contributed by atoms with Crippen molar-refractivity contribution in [2.75, 3.05) is 0 Å². The lowest BCUT2D eigenvalue weighted by molar-refractivity contribution is -0.128. The fraction of sp³-hybridized carbons (Fsp3) is 0.550. The van der Waals surface area contributed by atoms with Crippen LogP contribution in [0, 0.1) is 6.92 Å². The van der Waals surface area contributed by atoms with Gasteiger partial charge in [0.15, 0.2) is 5.78 Å². The molecule has 2 unspecified atom stereocenters. The fourth-order valence-electron chi connectivity index (χ4n) is 3.32. The lowest BCUT2D eigenvalue weighted by Crippen LogP contribution is -2.33. The Bertz CT molecular complexity index is 637. The summed E-state index contributed by atoms with van der Waals surface area (Å²) in [6, 6.07) is 3.74. The zero-order valence-electron chi connectivity index (χ0n) is 15.1. The number of aliphatic hydroxyl groups excluding tert-OH is 2. The van der Waals surface area contributed by atoms with Crippen molar-refractivity contribution < 1.29 is 24.9 Å². The maximum Gasteiger partial charge on any atom is 0.186 e. The molecular weight excluding hydrogens is 320 g/mol. The highest BCUT2D eigenvalue weighted by Gasteiger charge is 2.24. The number of fused-ring (bicyclic) bond motifs is 1. The van der Waals surface area contributed by atoms with E-state index < -0.39 is 18.0 Å². The van der Waals surface area contributed by atoms with Crippen molar-refractivity contribution in [1.29, 1.82) is 0 Å². The second-order valence-corrected chi connectivity index (χ2v) is 6.89. The first-order valence-electron chi connectivity index (χ1n) is 8.84. The highest BCUT2D eigenvalue weighted by Crippen LogP contribution is 2.33. The molecule has 0 radical (unpaired) electrons. The van der Waals surface area contributed by atoms with E-state index in [-0.39, 0.29) is 18.0 Å². The van der Waals surface area contributed by atoms with Crippen LogP contribution in [0.3, 0.4) is 0 Å². The number of hydrogen-bond acceptors (Lipinski definition) is 5. The zero-order valence-corrected chi connectivity index (χ0v) is 15.1. The van der Waals surface area contributed by atoms with Crippen molar-refractivity contribution in [3.8, 4) is 5.75 Å². The Morgan fingerprint density at radius 3 is 2.64 bits per heavy atom. The van der Waals surface area contributed by atoms with Crippen LogP contribution >= 0.6 is 0 Å². The Morgan fingerprint density at radius 1 is 1.20 bits per heavy atom. The molecule has 1 aliphatic rings. The Kier molecular flexibility index (Phi) is 6.76. The predicted molar refractivity (Wildman–Crippen MR) is 95.5 cm³/mol. The van der Waals surface area contributed by atoms with Crippen molar-refractivity contribution in [3.63, 3.8) is 0 Å². The smallest absolute Gasteiger partial charge is 0.186 e. The van der Waals surface area contributed by atoms with E-state index >= 15 is 0 Å². The molecule has 3 N–H and O–H groups in total. The first-order chi connectivity index (χ1) is 11.8. The minimum Gasteiger partial charge on any atom is -0.508 e. The van der Waals surface area contributed by atoms with Crippen LogP contribution in [0.1, 0.15) is 55.9 Å². The molecule has 5 heteroatoms. The number of ketones is 1. The summed E-state index contributed by atoms with van der Waals surface area (Å²) in [5, 5.41) is 30.4. The van der Waals surface area contributed by atoms with Crippen molar-refractivity contribution in [1.82, 2.24) is 0 Å². The zero-order chi connectivity index (χ0) is 18.6. The summed E-state index contributed by atoms with van der Waals surface area (Å²) < 4.78 is 5.99. The number of hydrogen-bond donors (Lipinski definition) is 3. The standard InChI is InChI=1S/C20H28O5/c1-12-10-15-7-5-9-17(22)20(24)16(21)8-4-6-13(2)25-14(3)19(15)18(23)11-12/h4,8,10-11,13-14,17,20,22-24H,5-7,9H2,1-3H3/b8-4-/t13-,14?,17-,20?/m0/s1. The number of aromatic hydroxyl groups is 1. The number of carbonyl (C=O) groups excluding carboxylic acids is 1. The number of benzene rings is 1. The number of ether oxygens (including phenoxy) is 1. The van der Waals surface area contributed by atoms with Crippen LogP contribution in [0.2, 0.25) is 0 Å². The third-order valence-corrected chi connectivity index (χ3v) is 4.58. The third kappa shape index (κ3) is 5.14. The third-order valence-electron chi connectivity index (χ3n) is 4.58. The van der Waals surface area contributed by atoms with Gasteiger partial charge in [0.2, 0.25) is 0 Å². The van der Waals surface area contributed by atoms with E-state index in [1.807, 2.05) is 26.8 Å². The summed E-state index contributed by atoms with van der Waals surface area (Å²) in [6.07, 6.45) is 2.05. The fourth-order valence-corrected chi connectivity index (χ4v) is 3.32. The molecular formula is C20H28O5. The van der Waals surface area contributed by atoms with E-state index in [2.05, 4.69) is 0 Å². The summed E-state index contributed by atoms with van der Waals surface area (Å²) in [5.41, 5.74) is 2.69. The average molecular weight is 348 g/mol. The molecule has 0 saturated heterocycles. The summed E-state index contributed by atoms with van der Waals surface area (Å²) in [5.74, 6) is -0.271. The summed E-state index contributed by atoms with van der Waals surface area (Å²) in [6.45, 7) is 5.72. The van der Waals surface area contributed by atoms with Gasteiger partial charge in [-0.1, -0.05) is 12.1 Å². The normalized spacial score (nSPS) is 30.4. The summed E-state index contributed by atoms with van der Waals surface area (Å²) in [7, 11) is 0. The molecule has 0 amide bonds. The number of aryl methyl sites for hydroxylation is 2. The van der Waals surface area contributed by atoms with Crippen LogP contribution < -0.4 is 0 Å². The molecule has 25 heavy (non-hydrogen) atoms. The Labute approximate surface area is 149 Å². The molecule has 138 valence electrons. The minimum atomic E-state index is -1.40. The number of rotatable bonds is 0. The number of phenols is 1. The van der Waals surface area contributed by atoms with Crippen LogP contribution in [0.15, 0.2) is 24.3 Å². The number of phenolic OH excluding ortho intramolecular Hbond substituents is 1. The highest BCUT2D eigenvalue weighted by atomic mass is 16.5. The van der Waals surface area contributed by atoms with Gasteiger partial charge in [-0.25, -0.2) is 0 Å². The summed E-state index contributed by atoms with van der Waals surface area (Å²) in [4.78, 5) is 11.9. The average Bonchev–Trinajstić information content (AvgIpc) is 2.52. The molecule has 0 spiro atoms. The van der Waals surface area contributed by atoms with Gasteiger partial charge < -0.3 is 20.1 Å². The van der Waals surface area contributed by atoms with Gasteiger partial charge in [-0.3, -0.25) is 4.79 Å². The van der Waals surface area contributed by atoms with Gasteiger partial charge in [0, 0.05) is 5.56 Å².